The van der Waals surface area contributed by atoms with Crippen LogP contribution in [0.4, 0.5) is 16.0 Å². The summed E-state index contributed by atoms with van der Waals surface area (Å²) in [6, 6.07) is 5.33. The zero-order valence-electron chi connectivity index (χ0n) is 17.8. The molecule has 2 aliphatic rings. The van der Waals surface area contributed by atoms with E-state index in [-0.39, 0.29) is 17.7 Å². The third kappa shape index (κ3) is 4.73. The first kappa shape index (κ1) is 21.4. The van der Waals surface area contributed by atoms with Crippen molar-refractivity contribution in [1.82, 2.24) is 10.2 Å². The first-order chi connectivity index (χ1) is 15.1. The van der Waals surface area contributed by atoms with Crippen LogP contribution >= 0.6 is 11.3 Å². The van der Waals surface area contributed by atoms with Gasteiger partial charge in [-0.3, -0.25) is 14.5 Å². The van der Waals surface area contributed by atoms with Gasteiger partial charge in [0.1, 0.15) is 11.5 Å². The maximum atomic E-state index is 12.8. The monoisotopic (exact) mass is 445 g/mol. The van der Waals surface area contributed by atoms with Gasteiger partial charge in [-0.05, 0) is 37.8 Å². The molecule has 0 radical (unpaired) electrons. The highest BCUT2D eigenvalue weighted by molar-refractivity contribution is 7.19. The third-order valence-electron chi connectivity index (χ3n) is 5.76. The second-order valence-corrected chi connectivity index (χ2v) is 8.62. The minimum absolute atomic E-state index is 0.0139. The van der Waals surface area contributed by atoms with Crippen LogP contribution in [0.15, 0.2) is 18.2 Å². The number of rotatable bonds is 6. The first-order valence-electron chi connectivity index (χ1n) is 10.5. The van der Waals surface area contributed by atoms with E-state index in [0.717, 1.165) is 43.9 Å². The molecule has 0 spiro atoms. The Morgan fingerprint density at radius 2 is 1.87 bits per heavy atom. The van der Waals surface area contributed by atoms with E-state index in [1.165, 1.54) is 11.3 Å². The summed E-state index contributed by atoms with van der Waals surface area (Å²) in [5.41, 5.74) is 0.635. The van der Waals surface area contributed by atoms with Crippen LogP contribution in [0.3, 0.4) is 0 Å². The molecule has 0 saturated carbocycles. The maximum absolute atomic E-state index is 12.8. The number of amides is 2. The smallest absolute Gasteiger partial charge is 0.228 e. The summed E-state index contributed by atoms with van der Waals surface area (Å²) in [5.74, 6) is 1.27. The lowest BCUT2D eigenvalue weighted by Gasteiger charge is -2.30. The molecule has 10 heteroatoms. The molecule has 2 saturated heterocycles. The minimum atomic E-state index is -0.0841. The Bertz CT molecular complexity index is 942. The standard InChI is InChI=1S/C21H27N5O4S/c1-29-15-6-7-16(17(13-15)30-2)22-19(28)14-8-11-25(12-9-14)20-23-24-21(31-20)26-10-4-3-5-18(26)27/h6-7,13-14H,3-5,8-12H2,1-2H3,(H,22,28). The van der Waals surface area contributed by atoms with Crippen LogP contribution in [0.1, 0.15) is 32.1 Å². The number of methoxy groups -OCH3 is 2. The molecule has 1 N–H and O–H groups in total. The number of carbonyl (C=O) groups excluding carboxylic acids is 2. The lowest BCUT2D eigenvalue weighted by molar-refractivity contribution is -0.120. The van der Waals surface area contributed by atoms with Crippen molar-refractivity contribution in [1.29, 1.82) is 0 Å². The predicted molar refractivity (Wildman–Crippen MR) is 119 cm³/mol. The molecule has 2 aromatic rings. The van der Waals surface area contributed by atoms with E-state index in [0.29, 0.717) is 35.3 Å². The summed E-state index contributed by atoms with van der Waals surface area (Å²) in [4.78, 5) is 28.8. The van der Waals surface area contributed by atoms with Gasteiger partial charge in [0.05, 0.1) is 19.9 Å². The second-order valence-electron chi connectivity index (χ2n) is 7.69. The fraction of sp³-hybridized carbons (Fsp3) is 0.524. The van der Waals surface area contributed by atoms with Gasteiger partial charge in [0, 0.05) is 38.0 Å². The van der Waals surface area contributed by atoms with Gasteiger partial charge >= 0.3 is 0 Å². The maximum Gasteiger partial charge on any atom is 0.228 e. The molecular weight excluding hydrogens is 418 g/mol. The molecule has 0 atom stereocenters. The third-order valence-corrected chi connectivity index (χ3v) is 6.77. The molecule has 0 unspecified atom stereocenters. The molecule has 0 aliphatic carbocycles. The van der Waals surface area contributed by atoms with Crippen LogP contribution in [0, 0.1) is 5.92 Å². The Morgan fingerprint density at radius 1 is 1.10 bits per heavy atom. The molecule has 3 heterocycles. The fourth-order valence-corrected chi connectivity index (χ4v) is 4.86. The number of ether oxygens (including phenoxy) is 2. The minimum Gasteiger partial charge on any atom is -0.497 e. The summed E-state index contributed by atoms with van der Waals surface area (Å²) in [6.45, 7) is 2.16. The molecular formula is C21H27N5O4S. The summed E-state index contributed by atoms with van der Waals surface area (Å²) < 4.78 is 10.6. The normalized spacial score (nSPS) is 17.5. The lowest BCUT2D eigenvalue weighted by Crippen LogP contribution is -2.38. The highest BCUT2D eigenvalue weighted by Crippen LogP contribution is 2.33. The number of nitrogens with one attached hydrogen (secondary N) is 1. The van der Waals surface area contributed by atoms with E-state index in [1.54, 1.807) is 37.3 Å². The van der Waals surface area contributed by atoms with E-state index in [4.69, 9.17) is 9.47 Å². The lowest BCUT2D eigenvalue weighted by atomic mass is 9.96. The second kappa shape index (κ2) is 9.51. The van der Waals surface area contributed by atoms with Crippen molar-refractivity contribution in [3.8, 4) is 11.5 Å². The van der Waals surface area contributed by atoms with Crippen molar-refractivity contribution in [3.05, 3.63) is 18.2 Å². The zero-order valence-corrected chi connectivity index (χ0v) is 18.6. The Labute approximate surface area is 185 Å². The van der Waals surface area contributed by atoms with Crippen molar-refractivity contribution in [2.45, 2.75) is 32.1 Å². The molecule has 0 bridgehead atoms. The van der Waals surface area contributed by atoms with E-state index < -0.39 is 0 Å². The van der Waals surface area contributed by atoms with E-state index >= 15 is 0 Å². The number of hydrogen-bond acceptors (Lipinski definition) is 8. The van der Waals surface area contributed by atoms with Gasteiger partial charge in [-0.15, -0.1) is 10.2 Å². The average Bonchev–Trinajstić information content (AvgIpc) is 3.29. The number of anilines is 3. The molecule has 2 amide bonds. The Morgan fingerprint density at radius 3 is 2.58 bits per heavy atom. The first-order valence-corrected chi connectivity index (χ1v) is 11.3. The number of benzene rings is 1. The number of aromatic nitrogens is 2. The van der Waals surface area contributed by atoms with Crippen LogP contribution in [0.5, 0.6) is 11.5 Å². The van der Waals surface area contributed by atoms with Gasteiger partial charge in [-0.25, -0.2) is 0 Å². The molecule has 1 aromatic carbocycles. The van der Waals surface area contributed by atoms with E-state index in [9.17, 15) is 9.59 Å². The molecule has 31 heavy (non-hydrogen) atoms. The number of carbonyl (C=O) groups is 2. The molecule has 4 rings (SSSR count). The van der Waals surface area contributed by atoms with Gasteiger partial charge in [-0.1, -0.05) is 11.3 Å². The van der Waals surface area contributed by atoms with Crippen LogP contribution in [-0.4, -0.2) is 55.9 Å². The van der Waals surface area contributed by atoms with Crippen LogP contribution in [0.2, 0.25) is 0 Å². The summed E-state index contributed by atoms with van der Waals surface area (Å²) in [7, 11) is 3.16. The van der Waals surface area contributed by atoms with Gasteiger partial charge < -0.3 is 19.7 Å². The molecule has 166 valence electrons. The summed E-state index contributed by atoms with van der Waals surface area (Å²) in [6.07, 6.45) is 3.97. The van der Waals surface area contributed by atoms with Gasteiger partial charge in [0.2, 0.25) is 22.1 Å². The van der Waals surface area contributed by atoms with Gasteiger partial charge in [0.25, 0.3) is 0 Å². The summed E-state index contributed by atoms with van der Waals surface area (Å²) in [5, 5.41) is 13.0. The van der Waals surface area contributed by atoms with E-state index in [1.807, 2.05) is 0 Å². The predicted octanol–water partition coefficient (Wildman–Crippen LogP) is 2.93. The molecule has 9 nitrogen and oxygen atoms in total. The number of piperidine rings is 2. The molecule has 2 fully saturated rings. The highest BCUT2D eigenvalue weighted by Gasteiger charge is 2.29. The van der Waals surface area contributed by atoms with Crippen LogP contribution in [0.25, 0.3) is 0 Å². The molecule has 2 aliphatic heterocycles. The van der Waals surface area contributed by atoms with Gasteiger partial charge in [-0.2, -0.15) is 0 Å². The Hall–Kier alpha value is -2.88. The Balaban J connectivity index is 1.34. The van der Waals surface area contributed by atoms with Crippen molar-refractivity contribution in [2.75, 3.05) is 49.0 Å². The van der Waals surface area contributed by atoms with Crippen LogP contribution in [-0.2, 0) is 9.59 Å². The molecule has 1 aromatic heterocycles. The number of nitrogens with zero attached hydrogens (tertiary/aromatic N) is 4. The highest BCUT2D eigenvalue weighted by atomic mass is 32.1. The van der Waals surface area contributed by atoms with Crippen molar-refractivity contribution in [2.24, 2.45) is 5.92 Å². The largest absolute Gasteiger partial charge is 0.497 e. The zero-order chi connectivity index (χ0) is 21.8. The van der Waals surface area contributed by atoms with Gasteiger partial charge in [0.15, 0.2) is 0 Å². The average molecular weight is 446 g/mol. The quantitative estimate of drug-likeness (QED) is 0.730. The SMILES string of the molecule is COc1ccc(NC(=O)C2CCN(c3nnc(N4CCCCC4=O)s3)CC2)c(OC)c1. The fourth-order valence-electron chi connectivity index (χ4n) is 3.92. The van der Waals surface area contributed by atoms with E-state index in [2.05, 4.69) is 20.4 Å². The Kier molecular flexibility index (Phi) is 6.55. The summed E-state index contributed by atoms with van der Waals surface area (Å²) >= 11 is 1.45. The van der Waals surface area contributed by atoms with Crippen molar-refractivity contribution < 1.29 is 19.1 Å². The topological polar surface area (TPSA) is 96.9 Å². The van der Waals surface area contributed by atoms with Crippen molar-refractivity contribution in [3.63, 3.8) is 0 Å². The number of hydrogen-bond donors (Lipinski definition) is 1. The van der Waals surface area contributed by atoms with Crippen LogP contribution < -0.4 is 24.6 Å². The van der Waals surface area contributed by atoms with Crippen molar-refractivity contribution >= 4 is 39.1 Å².